The molecule has 18 heavy (non-hydrogen) atoms. The second-order valence-electron chi connectivity index (χ2n) is 4.55. The van der Waals surface area contributed by atoms with E-state index < -0.39 is 10.2 Å². The van der Waals surface area contributed by atoms with Crippen LogP contribution in [0.4, 0.5) is 0 Å². The average Bonchev–Trinajstić information content (AvgIpc) is 2.39. The summed E-state index contributed by atoms with van der Waals surface area (Å²) in [6.07, 6.45) is 0. The Morgan fingerprint density at radius 2 is 1.50 bits per heavy atom. The molecule has 0 aromatic heterocycles. The van der Waals surface area contributed by atoms with Crippen molar-refractivity contribution in [3.05, 3.63) is 41.5 Å². The van der Waals surface area contributed by atoms with Crippen molar-refractivity contribution in [1.29, 1.82) is 0 Å². The Hall–Kier alpha value is -0.780. The third kappa shape index (κ3) is 9.27. The predicted octanol–water partition coefficient (Wildman–Crippen LogP) is -0.541. The first-order valence-electron chi connectivity index (χ1n) is 5.66. The summed E-state index contributed by atoms with van der Waals surface area (Å²) < 4.78 is 34.0. The maximum atomic E-state index is 8.49. The Labute approximate surface area is 110 Å². The molecule has 0 fully saturated rings. The van der Waals surface area contributed by atoms with Crippen LogP contribution in [0.2, 0.25) is 0 Å². The van der Waals surface area contributed by atoms with Crippen molar-refractivity contribution >= 4 is 0 Å². The molecule has 1 aromatic rings. The summed E-state index contributed by atoms with van der Waals surface area (Å²) in [4.78, 5) is 0. The zero-order valence-corrected chi connectivity index (χ0v) is 11.8. The largest absolute Gasteiger partial charge is 0.222 e. The van der Waals surface area contributed by atoms with Crippen LogP contribution in [0.25, 0.3) is 0 Å². The van der Waals surface area contributed by atoms with E-state index >= 15 is 0 Å². The highest BCUT2D eigenvalue weighted by molar-refractivity contribution is 5.25. The maximum Gasteiger partial charge on any atom is 0.0549 e. The van der Waals surface area contributed by atoms with Gasteiger partial charge in [0.1, 0.15) is 0 Å². The third-order valence-electron chi connectivity index (χ3n) is 2.36. The van der Waals surface area contributed by atoms with Gasteiger partial charge in [0, 0.05) is 41.7 Å². The standard InChI is InChI=1S/C13H19.ClHO4/c1-10(2)12-7-5-6-8-13(9-12)11(3)4;2-1(3,4)5/h5-11H,1-4H3;(H,2,3,4,5)/q+1;/p-1. The molecule has 0 unspecified atom stereocenters. The van der Waals surface area contributed by atoms with Gasteiger partial charge in [-0.2, -0.15) is 0 Å². The molecule has 0 saturated heterocycles. The molecular formula is C13H19ClO4. The van der Waals surface area contributed by atoms with Gasteiger partial charge in [-0.15, -0.1) is 10.2 Å². The van der Waals surface area contributed by atoms with Crippen molar-refractivity contribution in [3.63, 3.8) is 0 Å². The molecule has 0 saturated carbocycles. The summed E-state index contributed by atoms with van der Waals surface area (Å²) in [7, 11) is -4.94. The molecule has 0 N–H and O–H groups in total. The molecular weight excluding hydrogens is 256 g/mol. The summed E-state index contributed by atoms with van der Waals surface area (Å²) in [6.45, 7) is 8.94. The first-order valence-corrected chi connectivity index (χ1v) is 6.89. The first kappa shape index (κ1) is 17.2. The number of hydrogen-bond donors (Lipinski definition) is 0. The molecule has 1 aromatic carbocycles. The lowest BCUT2D eigenvalue weighted by Crippen LogP contribution is -2.68. The minimum Gasteiger partial charge on any atom is -0.222 e. The van der Waals surface area contributed by atoms with E-state index in [9.17, 15) is 0 Å². The highest BCUT2D eigenvalue weighted by Gasteiger charge is 2.08. The van der Waals surface area contributed by atoms with Gasteiger partial charge in [0.15, 0.2) is 0 Å². The molecule has 0 aliphatic heterocycles. The average molecular weight is 275 g/mol. The van der Waals surface area contributed by atoms with Crippen LogP contribution in [0.1, 0.15) is 50.7 Å². The zero-order valence-electron chi connectivity index (χ0n) is 11.1. The number of hydrogen-bond acceptors (Lipinski definition) is 4. The van der Waals surface area contributed by atoms with Crippen LogP contribution < -0.4 is 18.6 Å². The highest BCUT2D eigenvalue weighted by Crippen LogP contribution is 2.19. The molecule has 0 spiro atoms. The second kappa shape index (κ2) is 7.61. The van der Waals surface area contributed by atoms with Crippen LogP contribution in [0.15, 0.2) is 30.3 Å². The molecule has 0 aliphatic rings. The van der Waals surface area contributed by atoms with E-state index in [0.29, 0.717) is 11.8 Å². The molecule has 102 valence electrons. The summed E-state index contributed by atoms with van der Waals surface area (Å²) >= 11 is 0. The van der Waals surface area contributed by atoms with Crippen LogP contribution in [-0.4, -0.2) is 0 Å². The van der Waals surface area contributed by atoms with E-state index in [1.165, 1.54) is 11.1 Å². The van der Waals surface area contributed by atoms with E-state index in [2.05, 4.69) is 58.0 Å². The topological polar surface area (TPSA) is 92.2 Å². The Morgan fingerprint density at radius 1 is 1.00 bits per heavy atom. The Balaban J connectivity index is 0.000000494. The Kier molecular flexibility index (Phi) is 7.28. The summed E-state index contributed by atoms with van der Waals surface area (Å²) in [5.41, 5.74) is 2.85. The zero-order chi connectivity index (χ0) is 14.3. The fraction of sp³-hybridized carbons (Fsp3) is 0.462. The molecule has 0 aliphatic carbocycles. The number of rotatable bonds is 2. The lowest BCUT2D eigenvalue weighted by molar-refractivity contribution is -2.00. The fourth-order valence-electron chi connectivity index (χ4n) is 1.34. The SMILES string of the molecule is CC(C)c1cccc[c+](C(C)C)c1.[O-][Cl+3]([O-])([O-])[O-]. The number of halogens is 1. The van der Waals surface area contributed by atoms with E-state index in [1.807, 2.05) is 0 Å². The first-order chi connectivity index (χ1) is 8.11. The van der Waals surface area contributed by atoms with Gasteiger partial charge in [-0.1, -0.05) is 0 Å². The molecule has 0 atom stereocenters. The Bertz CT molecular complexity index is 331. The van der Waals surface area contributed by atoms with Crippen molar-refractivity contribution in [1.82, 2.24) is 0 Å². The Morgan fingerprint density at radius 3 is 1.89 bits per heavy atom. The lowest BCUT2D eigenvalue weighted by atomic mass is 10.00. The van der Waals surface area contributed by atoms with Crippen LogP contribution in [-0.2, 0) is 0 Å². The third-order valence-corrected chi connectivity index (χ3v) is 2.36. The van der Waals surface area contributed by atoms with Crippen molar-refractivity contribution in [2.75, 3.05) is 0 Å². The molecule has 0 amide bonds. The smallest absolute Gasteiger partial charge is 0.0549 e. The van der Waals surface area contributed by atoms with Gasteiger partial charge >= 0.3 is 0 Å². The molecule has 0 radical (unpaired) electrons. The van der Waals surface area contributed by atoms with E-state index in [-0.39, 0.29) is 0 Å². The maximum absolute atomic E-state index is 8.49. The van der Waals surface area contributed by atoms with Crippen molar-refractivity contribution in [3.8, 4) is 0 Å². The quantitative estimate of drug-likeness (QED) is 0.677. The second-order valence-corrected chi connectivity index (χ2v) is 5.31. The minimum absolute atomic E-state index is 0.616. The summed E-state index contributed by atoms with van der Waals surface area (Å²) in [5.74, 6) is 1.23. The van der Waals surface area contributed by atoms with Crippen LogP contribution in [0, 0.1) is 10.2 Å². The van der Waals surface area contributed by atoms with Crippen molar-refractivity contribution in [2.24, 2.45) is 0 Å². The van der Waals surface area contributed by atoms with Crippen molar-refractivity contribution in [2.45, 2.75) is 39.5 Å². The van der Waals surface area contributed by atoms with E-state index in [0.717, 1.165) is 0 Å². The molecule has 4 nitrogen and oxygen atoms in total. The monoisotopic (exact) mass is 274 g/mol. The van der Waals surface area contributed by atoms with Crippen LogP contribution in [0.3, 0.4) is 0 Å². The minimum atomic E-state index is -4.94. The van der Waals surface area contributed by atoms with Gasteiger partial charge in [-0.3, -0.25) is 0 Å². The molecule has 1 rings (SSSR count). The van der Waals surface area contributed by atoms with Gasteiger partial charge in [0.05, 0.1) is 11.6 Å². The van der Waals surface area contributed by atoms with Gasteiger partial charge in [0.25, 0.3) is 0 Å². The van der Waals surface area contributed by atoms with Gasteiger partial charge in [0.2, 0.25) is 0 Å². The predicted molar refractivity (Wildman–Crippen MR) is 59.0 cm³/mol. The van der Waals surface area contributed by atoms with Gasteiger partial charge in [-0.25, -0.2) is 18.6 Å². The van der Waals surface area contributed by atoms with Crippen LogP contribution >= 0.6 is 0 Å². The van der Waals surface area contributed by atoms with Crippen molar-refractivity contribution < 1.29 is 28.9 Å². The lowest BCUT2D eigenvalue weighted by Gasteiger charge is -2.17. The van der Waals surface area contributed by atoms with E-state index in [4.69, 9.17) is 18.6 Å². The normalized spacial score (nSPS) is 11.2. The molecule has 0 heterocycles. The summed E-state index contributed by atoms with van der Waals surface area (Å²) in [5, 5.41) is 0. The fourth-order valence-corrected chi connectivity index (χ4v) is 1.34. The molecule has 5 heteroatoms. The summed E-state index contributed by atoms with van der Waals surface area (Å²) in [6, 6.07) is 11.0. The highest BCUT2D eigenvalue weighted by atomic mass is 35.7. The van der Waals surface area contributed by atoms with E-state index in [1.54, 1.807) is 0 Å². The van der Waals surface area contributed by atoms with Gasteiger partial charge in [-0.05, 0) is 27.7 Å². The van der Waals surface area contributed by atoms with Crippen LogP contribution in [0.5, 0.6) is 0 Å². The molecule has 0 bridgehead atoms. The van der Waals surface area contributed by atoms with Gasteiger partial charge < -0.3 is 0 Å².